The van der Waals surface area contributed by atoms with Gasteiger partial charge in [-0.15, -0.1) is 0 Å². The largest absolute Gasteiger partial charge is 0.457 e. The summed E-state index contributed by atoms with van der Waals surface area (Å²) in [4.78, 5) is 23.2. The molecule has 4 rings (SSSR count). The minimum absolute atomic E-state index is 0.0578. The third-order valence-electron chi connectivity index (χ3n) is 4.25. The van der Waals surface area contributed by atoms with Gasteiger partial charge in [0.25, 0.3) is 5.91 Å². The molecule has 1 amide bonds. The zero-order valence-corrected chi connectivity index (χ0v) is 16.4. The van der Waals surface area contributed by atoms with Gasteiger partial charge in [-0.1, -0.05) is 0 Å². The Kier molecular flexibility index (Phi) is 5.58. The fourth-order valence-corrected chi connectivity index (χ4v) is 2.88. The summed E-state index contributed by atoms with van der Waals surface area (Å²) in [7, 11) is 0. The molecule has 0 saturated carbocycles. The van der Waals surface area contributed by atoms with Gasteiger partial charge < -0.3 is 21.5 Å². The first-order valence-electron chi connectivity index (χ1n) is 9.27. The van der Waals surface area contributed by atoms with E-state index in [1.165, 1.54) is 18.3 Å². The number of carbonyl (C=O) groups excluding carboxylic acids is 1. The Bertz CT molecular complexity index is 1280. The molecule has 4 aromatic rings. The minimum atomic E-state index is -0.723. The highest BCUT2D eigenvalue weighted by Crippen LogP contribution is 2.27. The quantitative estimate of drug-likeness (QED) is 0.418. The molecule has 0 aliphatic carbocycles. The molecule has 2 aromatic carbocycles. The van der Waals surface area contributed by atoms with Crippen LogP contribution in [-0.2, 0) is 0 Å². The van der Waals surface area contributed by atoms with Crippen molar-refractivity contribution in [3.63, 3.8) is 0 Å². The molecule has 0 saturated heterocycles. The number of aromatic nitrogens is 3. The van der Waals surface area contributed by atoms with Crippen molar-refractivity contribution in [2.75, 3.05) is 11.1 Å². The first-order valence-corrected chi connectivity index (χ1v) is 9.27. The molecule has 0 bridgehead atoms. The van der Waals surface area contributed by atoms with E-state index in [1.807, 2.05) is 0 Å². The lowest BCUT2D eigenvalue weighted by atomic mass is 10.1. The molecule has 0 radical (unpaired) electrons. The van der Waals surface area contributed by atoms with Crippen molar-refractivity contribution in [2.45, 2.75) is 0 Å². The van der Waals surface area contributed by atoms with Crippen LogP contribution >= 0.6 is 0 Å². The number of halogens is 2. The Labute approximate surface area is 180 Å². The summed E-state index contributed by atoms with van der Waals surface area (Å²) < 4.78 is 32.8. The summed E-state index contributed by atoms with van der Waals surface area (Å²) >= 11 is 0. The Balaban J connectivity index is 1.52. The summed E-state index contributed by atoms with van der Waals surface area (Å²) in [6.45, 7) is 0. The summed E-state index contributed by atoms with van der Waals surface area (Å²) in [5.74, 6) is -0.901. The number of primary amides is 1. The van der Waals surface area contributed by atoms with Gasteiger partial charge in [-0.25, -0.2) is 13.8 Å². The number of hydrogen-bond acceptors (Lipinski definition) is 7. The number of pyridine rings is 1. The maximum Gasteiger partial charge on any atom is 0.267 e. The van der Waals surface area contributed by atoms with Crippen LogP contribution in [0.4, 0.5) is 26.2 Å². The molecule has 160 valence electrons. The van der Waals surface area contributed by atoms with Gasteiger partial charge >= 0.3 is 0 Å². The number of benzene rings is 2. The van der Waals surface area contributed by atoms with Crippen molar-refractivity contribution in [1.82, 2.24) is 15.0 Å². The molecule has 10 heteroatoms. The van der Waals surface area contributed by atoms with E-state index in [0.29, 0.717) is 23.0 Å². The molecule has 0 spiro atoms. The second-order valence-corrected chi connectivity index (χ2v) is 6.65. The number of nitrogens with one attached hydrogen (secondary N) is 1. The highest BCUT2D eigenvalue weighted by atomic mass is 19.1. The first-order chi connectivity index (χ1) is 15.4. The number of carbonyl (C=O) groups is 1. The van der Waals surface area contributed by atoms with E-state index in [-0.39, 0.29) is 22.9 Å². The van der Waals surface area contributed by atoms with Gasteiger partial charge in [0.2, 0.25) is 5.95 Å². The smallest absolute Gasteiger partial charge is 0.267 e. The van der Waals surface area contributed by atoms with E-state index in [2.05, 4.69) is 20.3 Å². The third kappa shape index (κ3) is 4.93. The van der Waals surface area contributed by atoms with Gasteiger partial charge in [0, 0.05) is 35.6 Å². The number of rotatable bonds is 6. The van der Waals surface area contributed by atoms with Gasteiger partial charge in [-0.05, 0) is 42.5 Å². The highest BCUT2D eigenvalue weighted by Gasteiger charge is 2.09. The molecule has 32 heavy (non-hydrogen) atoms. The molecule has 0 atom stereocenters. The predicted molar refractivity (Wildman–Crippen MR) is 114 cm³/mol. The molecule has 0 unspecified atom stereocenters. The number of anilines is 3. The van der Waals surface area contributed by atoms with Gasteiger partial charge in [0.05, 0.1) is 5.69 Å². The molecular formula is C22H16F2N6O2. The van der Waals surface area contributed by atoms with E-state index < -0.39 is 17.5 Å². The van der Waals surface area contributed by atoms with Crippen LogP contribution in [0.3, 0.4) is 0 Å². The van der Waals surface area contributed by atoms with Crippen LogP contribution in [0.1, 0.15) is 10.5 Å². The maximum absolute atomic E-state index is 13.5. The summed E-state index contributed by atoms with van der Waals surface area (Å²) in [6, 6.07) is 14.5. The van der Waals surface area contributed by atoms with Gasteiger partial charge in [-0.2, -0.15) is 4.98 Å². The number of ether oxygens (including phenoxy) is 1. The molecule has 5 N–H and O–H groups in total. The fraction of sp³-hybridized carbons (Fsp3) is 0. The molecule has 0 fully saturated rings. The number of nitrogens with two attached hydrogens (primary N) is 2. The second kappa shape index (κ2) is 8.64. The van der Waals surface area contributed by atoms with Crippen LogP contribution in [0, 0.1) is 11.6 Å². The van der Waals surface area contributed by atoms with Crippen molar-refractivity contribution in [3.05, 3.63) is 84.2 Å². The topological polar surface area (TPSA) is 129 Å². The number of nitrogen functional groups attached to an aromatic ring is 1. The SMILES string of the molecule is NC(=O)c1cc(Oc2ccc(Nc3cc(-c4cc(F)cc(F)c4)nc(N)n3)cc2)ccn1. The van der Waals surface area contributed by atoms with E-state index >= 15 is 0 Å². The number of hydrogen-bond donors (Lipinski definition) is 3. The minimum Gasteiger partial charge on any atom is -0.457 e. The van der Waals surface area contributed by atoms with Gasteiger partial charge in [-0.3, -0.25) is 9.78 Å². The summed E-state index contributed by atoms with van der Waals surface area (Å²) in [5, 5.41) is 3.05. The average molecular weight is 434 g/mol. The lowest BCUT2D eigenvalue weighted by Gasteiger charge is -2.10. The average Bonchev–Trinajstić information content (AvgIpc) is 2.74. The molecule has 0 aliphatic rings. The van der Waals surface area contributed by atoms with E-state index in [1.54, 1.807) is 30.3 Å². The predicted octanol–water partition coefficient (Wildman–Crippen LogP) is 4.03. The Morgan fingerprint density at radius 3 is 2.31 bits per heavy atom. The van der Waals surface area contributed by atoms with Crippen molar-refractivity contribution >= 4 is 23.4 Å². The van der Waals surface area contributed by atoms with E-state index in [4.69, 9.17) is 16.2 Å². The van der Waals surface area contributed by atoms with Crippen molar-refractivity contribution in [2.24, 2.45) is 5.73 Å². The highest BCUT2D eigenvalue weighted by molar-refractivity contribution is 5.91. The van der Waals surface area contributed by atoms with Crippen LogP contribution in [0.25, 0.3) is 11.3 Å². The molecule has 2 aromatic heterocycles. The van der Waals surface area contributed by atoms with Crippen LogP contribution in [0.15, 0.2) is 66.9 Å². The Hall–Kier alpha value is -4.60. The molecule has 2 heterocycles. The first kappa shape index (κ1) is 20.7. The van der Waals surface area contributed by atoms with Crippen molar-refractivity contribution in [3.8, 4) is 22.8 Å². The fourth-order valence-electron chi connectivity index (χ4n) is 2.88. The number of nitrogens with zero attached hydrogens (tertiary/aromatic N) is 3. The Morgan fingerprint density at radius 1 is 0.906 bits per heavy atom. The third-order valence-corrected chi connectivity index (χ3v) is 4.25. The van der Waals surface area contributed by atoms with Gasteiger partial charge in [0.1, 0.15) is 34.6 Å². The normalized spacial score (nSPS) is 10.6. The monoisotopic (exact) mass is 434 g/mol. The van der Waals surface area contributed by atoms with E-state index in [9.17, 15) is 13.6 Å². The Morgan fingerprint density at radius 2 is 1.62 bits per heavy atom. The molecule has 8 nitrogen and oxygen atoms in total. The van der Waals surface area contributed by atoms with Crippen molar-refractivity contribution in [1.29, 1.82) is 0 Å². The zero-order chi connectivity index (χ0) is 22.7. The van der Waals surface area contributed by atoms with Crippen LogP contribution in [-0.4, -0.2) is 20.9 Å². The van der Waals surface area contributed by atoms with Gasteiger partial charge in [0.15, 0.2) is 0 Å². The zero-order valence-electron chi connectivity index (χ0n) is 16.4. The number of amides is 1. The lowest BCUT2D eigenvalue weighted by Crippen LogP contribution is -2.12. The molecule has 0 aliphatic heterocycles. The summed E-state index contributed by atoms with van der Waals surface area (Å²) in [5.41, 5.74) is 12.2. The van der Waals surface area contributed by atoms with Crippen LogP contribution in [0.2, 0.25) is 0 Å². The van der Waals surface area contributed by atoms with E-state index in [0.717, 1.165) is 18.2 Å². The molecular weight excluding hydrogens is 418 g/mol. The van der Waals surface area contributed by atoms with Crippen LogP contribution < -0.4 is 21.5 Å². The maximum atomic E-state index is 13.5. The van der Waals surface area contributed by atoms with Crippen LogP contribution in [0.5, 0.6) is 11.5 Å². The van der Waals surface area contributed by atoms with Crippen molar-refractivity contribution < 1.29 is 18.3 Å². The second-order valence-electron chi connectivity index (χ2n) is 6.65. The standard InChI is InChI=1S/C22H16F2N6O2/c23-13-7-12(8-14(24)9-13)18-11-20(30-22(26)29-18)28-15-1-3-16(4-2-15)32-17-5-6-27-19(10-17)21(25)31/h1-11H,(H2,25,31)(H3,26,28,29,30). The summed E-state index contributed by atoms with van der Waals surface area (Å²) in [6.07, 6.45) is 1.42. The lowest BCUT2D eigenvalue weighted by molar-refractivity contribution is 0.0995.